The number of likely N-dealkylation sites (N-methyl/N-ethyl adjacent to an activating group) is 1. The predicted molar refractivity (Wildman–Crippen MR) is 113 cm³/mol. The lowest BCUT2D eigenvalue weighted by Crippen LogP contribution is -2.45. The Morgan fingerprint density at radius 3 is 2.41 bits per heavy atom. The van der Waals surface area contributed by atoms with Gasteiger partial charge in [-0.1, -0.05) is 18.2 Å². The van der Waals surface area contributed by atoms with Crippen molar-refractivity contribution < 1.29 is 0 Å². The Balaban J connectivity index is 1.76. The molecule has 3 aromatic rings. The van der Waals surface area contributed by atoms with E-state index >= 15 is 0 Å². The molecule has 0 saturated carbocycles. The van der Waals surface area contributed by atoms with Crippen molar-refractivity contribution >= 4 is 28.4 Å². The molecular formula is C21H26N6. The summed E-state index contributed by atoms with van der Waals surface area (Å²) in [4.78, 5) is 15.8. The molecule has 2 N–H and O–H groups in total. The largest absolute Gasteiger partial charge is 0.378 e. The fourth-order valence-electron chi connectivity index (χ4n) is 3.53. The van der Waals surface area contributed by atoms with Crippen LogP contribution in [0.15, 0.2) is 42.5 Å². The number of anilines is 3. The zero-order valence-electron chi connectivity index (χ0n) is 16.2. The predicted octanol–water partition coefficient (Wildman–Crippen LogP) is 2.70. The van der Waals surface area contributed by atoms with Crippen molar-refractivity contribution in [3.05, 3.63) is 42.5 Å². The summed E-state index contributed by atoms with van der Waals surface area (Å²) < 4.78 is 0. The van der Waals surface area contributed by atoms with Crippen LogP contribution >= 0.6 is 0 Å². The molecule has 6 heteroatoms. The number of nitrogens with zero attached hydrogens (tertiary/aromatic N) is 5. The molecule has 1 aromatic heterocycles. The first-order valence-corrected chi connectivity index (χ1v) is 9.30. The van der Waals surface area contributed by atoms with Crippen molar-refractivity contribution in [3.63, 3.8) is 0 Å². The molecule has 27 heavy (non-hydrogen) atoms. The Hall–Kier alpha value is -2.86. The zero-order valence-corrected chi connectivity index (χ0v) is 16.2. The van der Waals surface area contributed by atoms with Gasteiger partial charge in [-0.25, -0.2) is 4.98 Å². The number of benzene rings is 2. The van der Waals surface area contributed by atoms with Crippen molar-refractivity contribution in [2.24, 2.45) is 0 Å². The van der Waals surface area contributed by atoms with Gasteiger partial charge in [0.1, 0.15) is 5.82 Å². The first kappa shape index (κ1) is 17.5. The van der Waals surface area contributed by atoms with Crippen molar-refractivity contribution in [2.45, 2.75) is 0 Å². The maximum absolute atomic E-state index is 6.05. The Morgan fingerprint density at radius 2 is 1.67 bits per heavy atom. The molecule has 6 nitrogen and oxygen atoms in total. The number of hydrogen-bond donors (Lipinski definition) is 1. The minimum atomic E-state index is 0.329. The van der Waals surface area contributed by atoms with Crippen molar-refractivity contribution in [1.29, 1.82) is 0 Å². The normalized spacial score (nSPS) is 15.3. The van der Waals surface area contributed by atoms with Gasteiger partial charge in [-0.2, -0.15) is 4.98 Å². The Kier molecular flexibility index (Phi) is 4.58. The maximum Gasteiger partial charge on any atom is 0.222 e. The molecule has 0 radical (unpaired) electrons. The molecule has 0 aliphatic carbocycles. The van der Waals surface area contributed by atoms with Crippen molar-refractivity contribution in [1.82, 2.24) is 14.9 Å². The standard InChI is InChI=1S/C21H26N6/c1-25(2)17-6-4-5-15(13-17)16-7-8-18-19(14-16)23-21(22)24-20(18)27-11-9-26(3)10-12-27/h4-8,13-14H,9-12H2,1-3H3,(H2,22,23,24). The number of fused-ring (bicyclic) bond motifs is 1. The molecule has 1 fully saturated rings. The summed E-state index contributed by atoms with van der Waals surface area (Å²) in [5, 5.41) is 1.06. The van der Waals surface area contributed by atoms with E-state index in [4.69, 9.17) is 5.73 Å². The van der Waals surface area contributed by atoms with Crippen molar-refractivity contribution in [3.8, 4) is 11.1 Å². The molecule has 0 unspecified atom stereocenters. The molecule has 2 heterocycles. The van der Waals surface area contributed by atoms with E-state index in [0.717, 1.165) is 48.5 Å². The number of hydrogen-bond acceptors (Lipinski definition) is 6. The minimum Gasteiger partial charge on any atom is -0.378 e. The quantitative estimate of drug-likeness (QED) is 0.773. The van der Waals surface area contributed by atoms with Gasteiger partial charge < -0.3 is 20.4 Å². The van der Waals surface area contributed by atoms with Gasteiger partial charge >= 0.3 is 0 Å². The molecule has 0 spiro atoms. The van der Waals surface area contributed by atoms with E-state index < -0.39 is 0 Å². The lowest BCUT2D eigenvalue weighted by Gasteiger charge is -2.33. The average molecular weight is 362 g/mol. The lowest BCUT2D eigenvalue weighted by molar-refractivity contribution is 0.312. The van der Waals surface area contributed by atoms with Gasteiger partial charge in [-0.15, -0.1) is 0 Å². The monoisotopic (exact) mass is 362 g/mol. The molecule has 0 bridgehead atoms. The van der Waals surface area contributed by atoms with Gasteiger partial charge in [0, 0.05) is 51.3 Å². The second-order valence-corrected chi connectivity index (χ2v) is 7.37. The molecule has 1 saturated heterocycles. The van der Waals surface area contributed by atoms with Crippen LogP contribution in [-0.2, 0) is 0 Å². The summed E-state index contributed by atoms with van der Waals surface area (Å²) in [6.45, 7) is 3.96. The topological polar surface area (TPSA) is 61.5 Å². The van der Waals surface area contributed by atoms with E-state index in [1.165, 1.54) is 11.3 Å². The lowest BCUT2D eigenvalue weighted by atomic mass is 10.0. The van der Waals surface area contributed by atoms with Crippen LogP contribution in [0.3, 0.4) is 0 Å². The summed E-state index contributed by atoms with van der Waals surface area (Å²) in [5.41, 5.74) is 10.4. The van der Waals surface area contributed by atoms with E-state index in [0.29, 0.717) is 5.95 Å². The number of nitrogen functional groups attached to an aromatic ring is 1. The van der Waals surface area contributed by atoms with Crippen LogP contribution in [0.4, 0.5) is 17.5 Å². The Bertz CT molecular complexity index is 960. The minimum absolute atomic E-state index is 0.329. The molecule has 2 aromatic carbocycles. The van der Waals surface area contributed by atoms with Crippen LogP contribution in [0, 0.1) is 0 Å². The highest BCUT2D eigenvalue weighted by atomic mass is 15.3. The summed E-state index contributed by atoms with van der Waals surface area (Å²) >= 11 is 0. The highest BCUT2D eigenvalue weighted by Gasteiger charge is 2.19. The molecular weight excluding hydrogens is 336 g/mol. The summed E-state index contributed by atoms with van der Waals surface area (Å²) in [7, 11) is 6.25. The van der Waals surface area contributed by atoms with Gasteiger partial charge in [-0.3, -0.25) is 0 Å². The average Bonchev–Trinajstić information content (AvgIpc) is 2.67. The van der Waals surface area contributed by atoms with E-state index in [1.54, 1.807) is 0 Å². The Morgan fingerprint density at radius 1 is 0.926 bits per heavy atom. The summed E-state index contributed by atoms with van der Waals surface area (Å²) in [5.74, 6) is 1.27. The molecule has 140 valence electrons. The van der Waals surface area contributed by atoms with E-state index in [9.17, 15) is 0 Å². The highest BCUT2D eigenvalue weighted by Crippen LogP contribution is 2.31. The molecule has 0 atom stereocenters. The van der Waals surface area contributed by atoms with Gasteiger partial charge in [0.2, 0.25) is 5.95 Å². The van der Waals surface area contributed by atoms with Crippen LogP contribution in [0.2, 0.25) is 0 Å². The highest BCUT2D eigenvalue weighted by molar-refractivity contribution is 5.93. The van der Waals surface area contributed by atoms with E-state index in [-0.39, 0.29) is 0 Å². The first-order chi connectivity index (χ1) is 13.0. The van der Waals surface area contributed by atoms with Crippen LogP contribution in [0.5, 0.6) is 0 Å². The third-order valence-electron chi connectivity index (χ3n) is 5.19. The maximum atomic E-state index is 6.05. The smallest absolute Gasteiger partial charge is 0.222 e. The van der Waals surface area contributed by atoms with E-state index in [2.05, 4.69) is 88.3 Å². The third kappa shape index (κ3) is 3.53. The SMILES string of the molecule is CN1CCN(c2nc(N)nc3cc(-c4cccc(N(C)C)c4)ccc23)CC1. The third-order valence-corrected chi connectivity index (χ3v) is 5.19. The van der Waals surface area contributed by atoms with Gasteiger partial charge in [0.15, 0.2) is 0 Å². The Labute approximate surface area is 160 Å². The second-order valence-electron chi connectivity index (χ2n) is 7.37. The molecule has 0 amide bonds. The molecule has 4 rings (SSSR count). The zero-order chi connectivity index (χ0) is 19.0. The number of piperazine rings is 1. The number of rotatable bonds is 3. The van der Waals surface area contributed by atoms with Crippen LogP contribution in [-0.4, -0.2) is 62.2 Å². The van der Waals surface area contributed by atoms with Crippen molar-refractivity contribution in [2.75, 3.05) is 62.9 Å². The first-order valence-electron chi connectivity index (χ1n) is 9.30. The van der Waals surface area contributed by atoms with Crippen LogP contribution in [0.1, 0.15) is 0 Å². The fourth-order valence-corrected chi connectivity index (χ4v) is 3.53. The van der Waals surface area contributed by atoms with Crippen LogP contribution in [0.25, 0.3) is 22.0 Å². The van der Waals surface area contributed by atoms with Gasteiger partial charge in [0.25, 0.3) is 0 Å². The second kappa shape index (κ2) is 7.04. The fraction of sp³-hybridized carbons (Fsp3) is 0.333. The van der Waals surface area contributed by atoms with Crippen LogP contribution < -0.4 is 15.5 Å². The number of aromatic nitrogens is 2. The molecule has 1 aliphatic heterocycles. The summed E-state index contributed by atoms with van der Waals surface area (Å²) in [6.07, 6.45) is 0. The van der Waals surface area contributed by atoms with Gasteiger partial charge in [0.05, 0.1) is 5.52 Å². The van der Waals surface area contributed by atoms with Gasteiger partial charge in [-0.05, 0) is 42.4 Å². The molecule has 1 aliphatic rings. The van der Waals surface area contributed by atoms with E-state index in [1.807, 2.05) is 0 Å². The number of nitrogens with two attached hydrogens (primary N) is 1. The summed E-state index contributed by atoms with van der Waals surface area (Å²) in [6, 6.07) is 14.9.